The number of nitrogens with zero attached hydrogens (tertiary/aromatic N) is 1. The summed E-state index contributed by atoms with van der Waals surface area (Å²) in [6, 6.07) is 0. The molecule has 0 aromatic carbocycles. The van der Waals surface area contributed by atoms with E-state index in [0.717, 1.165) is 12.2 Å². The molecule has 88 valence electrons. The van der Waals surface area contributed by atoms with Crippen molar-refractivity contribution in [3.8, 4) is 0 Å². The van der Waals surface area contributed by atoms with Gasteiger partial charge in [-0.05, 0) is 27.7 Å². The minimum Gasteiger partial charge on any atom is -0.443 e. The van der Waals surface area contributed by atoms with E-state index in [1.54, 1.807) is 0 Å². The lowest BCUT2D eigenvalue weighted by Crippen LogP contribution is -2.41. The standard InChI is InChI=1S/C10H19NO3S/c1-7-6-11(15-14-8(7)2)9(12)13-10(3,4)5/h7-8H,6H2,1-5H3/t7-,8+/m0/s1. The summed E-state index contributed by atoms with van der Waals surface area (Å²) in [7, 11) is 0. The van der Waals surface area contributed by atoms with Gasteiger partial charge in [-0.25, -0.2) is 9.10 Å². The third kappa shape index (κ3) is 3.91. The van der Waals surface area contributed by atoms with E-state index >= 15 is 0 Å². The van der Waals surface area contributed by atoms with Crippen molar-refractivity contribution in [1.82, 2.24) is 4.31 Å². The van der Waals surface area contributed by atoms with Crippen molar-refractivity contribution in [1.29, 1.82) is 0 Å². The summed E-state index contributed by atoms with van der Waals surface area (Å²) in [5.74, 6) is 0.332. The highest BCUT2D eigenvalue weighted by Gasteiger charge is 2.31. The van der Waals surface area contributed by atoms with Crippen LogP contribution in [0.3, 0.4) is 0 Å². The molecule has 0 bridgehead atoms. The molecule has 1 fully saturated rings. The van der Waals surface area contributed by atoms with E-state index in [0.29, 0.717) is 12.5 Å². The highest BCUT2D eigenvalue weighted by molar-refractivity contribution is 7.92. The molecule has 1 aliphatic rings. The first-order chi connectivity index (χ1) is 6.79. The molecular formula is C10H19NO3S. The van der Waals surface area contributed by atoms with E-state index < -0.39 is 5.60 Å². The summed E-state index contributed by atoms with van der Waals surface area (Å²) in [6.07, 6.45) is -0.153. The molecule has 5 heteroatoms. The van der Waals surface area contributed by atoms with Crippen LogP contribution in [0.4, 0.5) is 4.79 Å². The number of carbonyl (C=O) groups is 1. The van der Waals surface area contributed by atoms with Crippen molar-refractivity contribution in [3.63, 3.8) is 0 Å². The maximum Gasteiger partial charge on any atom is 0.422 e. The van der Waals surface area contributed by atoms with Crippen LogP contribution >= 0.6 is 12.2 Å². The van der Waals surface area contributed by atoms with Gasteiger partial charge in [0.2, 0.25) is 0 Å². The molecule has 1 saturated heterocycles. The fourth-order valence-corrected chi connectivity index (χ4v) is 1.90. The Balaban J connectivity index is 2.48. The second-order valence-corrected chi connectivity index (χ2v) is 5.68. The summed E-state index contributed by atoms with van der Waals surface area (Å²) in [5, 5.41) is 0. The zero-order chi connectivity index (χ0) is 11.6. The van der Waals surface area contributed by atoms with Crippen molar-refractivity contribution >= 4 is 18.3 Å². The third-order valence-corrected chi connectivity index (χ3v) is 3.00. The van der Waals surface area contributed by atoms with Gasteiger partial charge in [0, 0.05) is 12.5 Å². The van der Waals surface area contributed by atoms with Gasteiger partial charge in [0.05, 0.1) is 6.10 Å². The Labute approximate surface area is 95.6 Å². The van der Waals surface area contributed by atoms with Gasteiger partial charge in [-0.15, -0.1) is 0 Å². The molecule has 0 N–H and O–H groups in total. The fraction of sp³-hybridized carbons (Fsp3) is 0.900. The first kappa shape index (κ1) is 12.6. The Morgan fingerprint density at radius 2 is 2.07 bits per heavy atom. The van der Waals surface area contributed by atoms with Crippen LogP contribution in [-0.4, -0.2) is 28.6 Å². The number of rotatable bonds is 0. The number of amides is 1. The van der Waals surface area contributed by atoms with Gasteiger partial charge in [-0.2, -0.15) is 0 Å². The summed E-state index contributed by atoms with van der Waals surface area (Å²) < 4.78 is 12.2. The summed E-state index contributed by atoms with van der Waals surface area (Å²) >= 11 is 1.08. The summed E-state index contributed by atoms with van der Waals surface area (Å²) in [4.78, 5) is 11.7. The molecule has 1 aliphatic heterocycles. The largest absolute Gasteiger partial charge is 0.443 e. The van der Waals surface area contributed by atoms with Crippen LogP contribution in [-0.2, 0) is 8.92 Å². The molecule has 0 spiro atoms. The van der Waals surface area contributed by atoms with Crippen molar-refractivity contribution < 1.29 is 13.7 Å². The number of carbonyl (C=O) groups excluding carboxylic acids is 1. The Bertz CT molecular complexity index is 239. The number of hydrogen-bond donors (Lipinski definition) is 0. The van der Waals surface area contributed by atoms with Crippen LogP contribution in [0.1, 0.15) is 34.6 Å². The molecule has 1 amide bonds. The lowest BCUT2D eigenvalue weighted by molar-refractivity contribution is 0.0296. The molecule has 0 aromatic rings. The smallest absolute Gasteiger partial charge is 0.422 e. The average molecular weight is 233 g/mol. The maximum absolute atomic E-state index is 11.7. The average Bonchev–Trinajstić information content (AvgIpc) is 2.06. The highest BCUT2D eigenvalue weighted by atomic mass is 32.2. The third-order valence-electron chi connectivity index (χ3n) is 2.14. The SMILES string of the molecule is C[C@H]1CN(C(=O)OC(C)(C)C)SO[C@@H]1C. The molecular weight excluding hydrogens is 214 g/mol. The fourth-order valence-electron chi connectivity index (χ4n) is 1.07. The van der Waals surface area contributed by atoms with Crippen LogP contribution in [0, 0.1) is 5.92 Å². The predicted molar refractivity (Wildman–Crippen MR) is 60.2 cm³/mol. The van der Waals surface area contributed by atoms with E-state index in [4.69, 9.17) is 8.92 Å². The monoisotopic (exact) mass is 233 g/mol. The second kappa shape index (κ2) is 4.61. The number of hydrogen-bond acceptors (Lipinski definition) is 4. The molecule has 0 radical (unpaired) electrons. The predicted octanol–water partition coefficient (Wildman–Crippen LogP) is 2.84. The molecule has 1 rings (SSSR count). The normalized spacial score (nSPS) is 27.7. The topological polar surface area (TPSA) is 38.8 Å². The van der Waals surface area contributed by atoms with E-state index in [2.05, 4.69) is 6.92 Å². The summed E-state index contributed by atoms with van der Waals surface area (Å²) in [5.41, 5.74) is -0.454. The lowest BCUT2D eigenvalue weighted by Gasteiger charge is -2.34. The van der Waals surface area contributed by atoms with E-state index in [1.807, 2.05) is 27.7 Å². The van der Waals surface area contributed by atoms with Gasteiger partial charge in [0.15, 0.2) is 0 Å². The number of ether oxygens (including phenoxy) is 1. The van der Waals surface area contributed by atoms with Crippen LogP contribution in [0.15, 0.2) is 0 Å². The molecule has 0 aliphatic carbocycles. The van der Waals surface area contributed by atoms with Crippen LogP contribution in [0.5, 0.6) is 0 Å². The Morgan fingerprint density at radius 3 is 2.53 bits per heavy atom. The van der Waals surface area contributed by atoms with Crippen molar-refractivity contribution in [2.75, 3.05) is 6.54 Å². The zero-order valence-corrected chi connectivity index (χ0v) is 10.8. The zero-order valence-electron chi connectivity index (χ0n) is 9.94. The Morgan fingerprint density at radius 1 is 1.47 bits per heavy atom. The minimum atomic E-state index is -0.454. The summed E-state index contributed by atoms with van der Waals surface area (Å²) in [6.45, 7) is 10.3. The molecule has 15 heavy (non-hydrogen) atoms. The van der Waals surface area contributed by atoms with Crippen molar-refractivity contribution in [2.45, 2.75) is 46.3 Å². The molecule has 1 heterocycles. The molecule has 4 nitrogen and oxygen atoms in total. The van der Waals surface area contributed by atoms with Crippen molar-refractivity contribution in [2.24, 2.45) is 5.92 Å². The van der Waals surface area contributed by atoms with Gasteiger partial charge in [-0.1, -0.05) is 6.92 Å². The lowest BCUT2D eigenvalue weighted by atomic mass is 10.1. The quantitative estimate of drug-likeness (QED) is 0.476. The van der Waals surface area contributed by atoms with E-state index in [9.17, 15) is 4.79 Å². The second-order valence-electron chi connectivity index (χ2n) is 4.89. The van der Waals surface area contributed by atoms with Gasteiger partial charge >= 0.3 is 6.09 Å². The maximum atomic E-state index is 11.7. The highest BCUT2D eigenvalue weighted by Crippen LogP contribution is 2.28. The first-order valence-electron chi connectivity index (χ1n) is 5.13. The van der Waals surface area contributed by atoms with E-state index in [1.165, 1.54) is 4.31 Å². The van der Waals surface area contributed by atoms with Gasteiger partial charge in [0.1, 0.15) is 17.8 Å². The Kier molecular flexibility index (Phi) is 3.89. The van der Waals surface area contributed by atoms with E-state index in [-0.39, 0.29) is 12.2 Å². The Hall–Kier alpha value is -0.420. The van der Waals surface area contributed by atoms with Gasteiger partial charge < -0.3 is 4.74 Å². The molecule has 0 aromatic heterocycles. The van der Waals surface area contributed by atoms with Crippen molar-refractivity contribution in [3.05, 3.63) is 0 Å². The first-order valence-corrected chi connectivity index (χ1v) is 5.83. The van der Waals surface area contributed by atoms with Gasteiger partial charge in [0.25, 0.3) is 0 Å². The molecule has 0 saturated carbocycles. The molecule has 2 atom stereocenters. The van der Waals surface area contributed by atoms with Crippen LogP contribution < -0.4 is 0 Å². The minimum absolute atomic E-state index is 0.175. The van der Waals surface area contributed by atoms with Gasteiger partial charge in [-0.3, -0.25) is 4.18 Å². The van der Waals surface area contributed by atoms with Crippen LogP contribution in [0.2, 0.25) is 0 Å². The molecule has 0 unspecified atom stereocenters. The van der Waals surface area contributed by atoms with Crippen LogP contribution in [0.25, 0.3) is 0 Å².